The summed E-state index contributed by atoms with van der Waals surface area (Å²) in [6, 6.07) is 7.15. The van der Waals surface area contributed by atoms with Gasteiger partial charge >= 0.3 is 23.9 Å². The number of carbonyl (C=O) groups excluding carboxylic acids is 4. The highest BCUT2D eigenvalue weighted by molar-refractivity contribution is 5.93. The zero-order valence-corrected chi connectivity index (χ0v) is 41.4. The van der Waals surface area contributed by atoms with Gasteiger partial charge in [0, 0.05) is 89.7 Å². The largest absolute Gasteiger partial charge is 0.480 e. The Morgan fingerprint density at radius 2 is 1.18 bits per heavy atom. The molecule has 2 heterocycles. The first-order chi connectivity index (χ1) is 34.6. The molecule has 0 aliphatic carbocycles. The molecule has 2 aliphatic rings. The molecule has 2 aliphatic heterocycles. The molecular formula is C47H76N10O15. The normalized spacial score (nSPS) is 17.5. The van der Waals surface area contributed by atoms with Crippen LogP contribution in [-0.2, 0) is 59.7 Å². The van der Waals surface area contributed by atoms with Crippen molar-refractivity contribution in [1.29, 1.82) is 0 Å². The van der Waals surface area contributed by atoms with E-state index < -0.39 is 60.5 Å². The highest BCUT2D eigenvalue weighted by Gasteiger charge is 2.30. The lowest BCUT2D eigenvalue weighted by Gasteiger charge is -2.35. The molecule has 0 saturated carbocycles. The molecule has 1 aromatic carbocycles. The maximum Gasteiger partial charge on any atom is 0.320 e. The molecule has 3 unspecified atom stereocenters. The highest BCUT2D eigenvalue weighted by atomic mass is 17.5. The van der Waals surface area contributed by atoms with Gasteiger partial charge in [0.15, 0.2) is 12.1 Å². The second-order valence-electron chi connectivity index (χ2n) is 17.8. The maximum absolute atomic E-state index is 13.4. The molecule has 4 amide bonds. The van der Waals surface area contributed by atoms with E-state index in [1.54, 1.807) is 19.6 Å². The van der Waals surface area contributed by atoms with Gasteiger partial charge in [0.05, 0.1) is 32.2 Å². The number of oxime groups is 1. The van der Waals surface area contributed by atoms with Crippen LogP contribution < -0.4 is 26.6 Å². The lowest BCUT2D eigenvalue weighted by Crippen LogP contribution is -2.53. The molecule has 9 N–H and O–H groups in total. The molecule has 0 aromatic heterocycles. The number of hydrogen-bond acceptors (Lipinski definition) is 17. The SMILES string of the molecule is CCCCNC(=O)CCCCCCC(=O)NCCCCC1NC(C(Cc2ccccc2)NC(=O)CNC(=O)CCC(C(=O)O)N2CCN(CC(=O)O)CCN(CC(=O)O)CCN(CC(=O)O)CC2)=NOOO1. The number of rotatable bonds is 32. The van der Waals surface area contributed by atoms with E-state index in [4.69, 9.17) is 14.9 Å². The van der Waals surface area contributed by atoms with Crippen LogP contribution in [0.4, 0.5) is 0 Å². The van der Waals surface area contributed by atoms with Gasteiger partial charge in [-0.1, -0.05) is 56.5 Å². The summed E-state index contributed by atoms with van der Waals surface area (Å²) in [4.78, 5) is 115. The molecule has 1 aromatic rings. The molecular weight excluding hydrogens is 945 g/mol. The van der Waals surface area contributed by atoms with Crippen molar-refractivity contribution in [2.24, 2.45) is 5.16 Å². The van der Waals surface area contributed by atoms with Crippen LogP contribution in [0.1, 0.15) is 96.0 Å². The van der Waals surface area contributed by atoms with Gasteiger partial charge in [-0.15, -0.1) is 0 Å². The van der Waals surface area contributed by atoms with E-state index in [0.717, 1.165) is 44.1 Å². The summed E-state index contributed by atoms with van der Waals surface area (Å²) in [5.41, 5.74) is 0.832. The van der Waals surface area contributed by atoms with Gasteiger partial charge in [0.2, 0.25) is 23.6 Å². The fourth-order valence-electron chi connectivity index (χ4n) is 8.03. The Kier molecular flexibility index (Phi) is 29.5. The van der Waals surface area contributed by atoms with Gasteiger partial charge in [0.25, 0.3) is 0 Å². The van der Waals surface area contributed by atoms with Crippen molar-refractivity contribution in [2.75, 3.05) is 91.6 Å². The number of nitrogens with zero attached hydrogens (tertiary/aromatic N) is 5. The van der Waals surface area contributed by atoms with Crippen molar-refractivity contribution in [3.8, 4) is 0 Å². The smallest absolute Gasteiger partial charge is 0.320 e. The maximum atomic E-state index is 13.4. The van der Waals surface area contributed by atoms with Crippen molar-refractivity contribution in [1.82, 2.24) is 46.2 Å². The minimum Gasteiger partial charge on any atom is -0.480 e. The van der Waals surface area contributed by atoms with Gasteiger partial charge in [-0.25, -0.2) is 0 Å². The van der Waals surface area contributed by atoms with Gasteiger partial charge in [-0.05, 0) is 62.1 Å². The number of carboxylic acid groups (broad SMARTS) is 4. The molecule has 72 heavy (non-hydrogen) atoms. The Balaban J connectivity index is 1.53. The van der Waals surface area contributed by atoms with Crippen LogP contribution in [0.15, 0.2) is 35.5 Å². The summed E-state index contributed by atoms with van der Waals surface area (Å²) in [7, 11) is 0. The minimum absolute atomic E-state index is 0.0403. The Bertz CT molecular complexity index is 1850. The molecule has 25 nitrogen and oxygen atoms in total. The van der Waals surface area contributed by atoms with Crippen LogP contribution in [0, 0.1) is 0 Å². The van der Waals surface area contributed by atoms with Crippen LogP contribution in [0.25, 0.3) is 0 Å². The first-order valence-electron chi connectivity index (χ1n) is 24.9. The van der Waals surface area contributed by atoms with Gasteiger partial charge in [-0.3, -0.25) is 58.0 Å². The minimum atomic E-state index is -1.26. The molecule has 3 rings (SSSR count). The van der Waals surface area contributed by atoms with E-state index in [1.165, 1.54) is 0 Å². The third-order valence-electron chi connectivity index (χ3n) is 12.0. The highest BCUT2D eigenvalue weighted by Crippen LogP contribution is 2.13. The van der Waals surface area contributed by atoms with Crippen LogP contribution >= 0.6 is 0 Å². The Morgan fingerprint density at radius 3 is 1.71 bits per heavy atom. The molecule has 1 fully saturated rings. The van der Waals surface area contributed by atoms with Crippen LogP contribution in [0.2, 0.25) is 0 Å². The monoisotopic (exact) mass is 1020 g/mol. The van der Waals surface area contributed by atoms with Crippen molar-refractivity contribution in [2.45, 2.75) is 115 Å². The second-order valence-corrected chi connectivity index (χ2v) is 17.8. The van der Waals surface area contributed by atoms with E-state index in [2.05, 4.69) is 38.7 Å². The van der Waals surface area contributed by atoms with Crippen LogP contribution in [0.5, 0.6) is 0 Å². The first kappa shape index (κ1) is 60.3. The van der Waals surface area contributed by atoms with Gasteiger partial charge in [0.1, 0.15) is 6.04 Å². The van der Waals surface area contributed by atoms with Crippen molar-refractivity contribution < 1.29 is 73.7 Å². The van der Waals surface area contributed by atoms with E-state index in [1.807, 2.05) is 30.3 Å². The standard InChI is InChI=1S/C47H76N10O15/c1-2-3-20-48-38(58)15-9-4-5-10-16-39(59)49-21-12-11-17-42-52-46(53-71-72-70-42)36(30-35-13-7-6-8-14-35)51-41(61)31-50-40(60)19-18-37(47(68)69)57-28-26-55(33-44(64)65)24-22-54(32-43(62)63)23-25-56(27-29-57)34-45(66)67/h6-8,13-14,36-37,42H,2-5,9-12,15-34H2,1H3,(H,48,58)(H,49,59)(H,50,60)(H,51,61)(H,52,53)(H,62,63)(H,64,65)(H,66,67)(H,68,69). The van der Waals surface area contributed by atoms with Crippen molar-refractivity contribution in [3.63, 3.8) is 0 Å². The predicted octanol–water partition coefficient (Wildman–Crippen LogP) is 0.205. The Labute approximate surface area is 420 Å². The fraction of sp³-hybridized carbons (Fsp3) is 0.681. The van der Waals surface area contributed by atoms with Crippen molar-refractivity contribution >= 4 is 53.3 Å². The Hall–Kier alpha value is -5.99. The van der Waals surface area contributed by atoms with E-state index >= 15 is 0 Å². The number of amides is 4. The summed E-state index contributed by atoms with van der Waals surface area (Å²) >= 11 is 0. The average molecular weight is 1020 g/mol. The number of aliphatic carboxylic acids is 4. The summed E-state index contributed by atoms with van der Waals surface area (Å²) < 4.78 is 0. The number of benzene rings is 1. The lowest BCUT2D eigenvalue weighted by molar-refractivity contribution is -0.525. The summed E-state index contributed by atoms with van der Waals surface area (Å²) in [5, 5.41) is 62.0. The van der Waals surface area contributed by atoms with E-state index in [0.29, 0.717) is 45.2 Å². The molecule has 404 valence electrons. The fourth-order valence-corrected chi connectivity index (χ4v) is 8.03. The number of nitrogens with one attached hydrogen (secondary N) is 5. The van der Waals surface area contributed by atoms with Crippen LogP contribution in [-0.4, -0.2) is 203 Å². The summed E-state index contributed by atoms with van der Waals surface area (Å²) in [6.07, 6.45) is 6.82. The number of hydrogen-bond donors (Lipinski definition) is 9. The molecule has 1 saturated heterocycles. The summed E-state index contributed by atoms with van der Waals surface area (Å²) in [6.45, 7) is 2.52. The summed E-state index contributed by atoms with van der Waals surface area (Å²) in [5.74, 6) is -5.64. The zero-order chi connectivity index (χ0) is 52.5. The molecule has 0 spiro atoms. The molecule has 25 heteroatoms. The number of amidine groups is 1. The third-order valence-corrected chi connectivity index (χ3v) is 12.0. The van der Waals surface area contributed by atoms with Gasteiger partial charge in [-0.2, -0.15) is 9.88 Å². The zero-order valence-electron chi connectivity index (χ0n) is 41.4. The average Bonchev–Trinajstić information content (AvgIpc) is 3.58. The van der Waals surface area contributed by atoms with Crippen LogP contribution in [0.3, 0.4) is 0 Å². The predicted molar refractivity (Wildman–Crippen MR) is 260 cm³/mol. The quantitative estimate of drug-likeness (QED) is 0.0344. The topological polar surface area (TPSA) is 331 Å². The third kappa shape index (κ3) is 27.0. The van der Waals surface area contributed by atoms with Crippen molar-refractivity contribution in [3.05, 3.63) is 35.9 Å². The molecule has 0 bridgehead atoms. The van der Waals surface area contributed by atoms with E-state index in [-0.39, 0.29) is 109 Å². The van der Waals surface area contributed by atoms with Gasteiger partial charge < -0.3 is 47.0 Å². The number of unbranched alkanes of at least 4 members (excludes halogenated alkanes) is 5. The molecule has 3 atom stereocenters. The second kappa shape index (κ2) is 35.2. The lowest BCUT2D eigenvalue weighted by atomic mass is 10.0. The molecule has 0 radical (unpaired) electrons. The van der Waals surface area contributed by atoms with E-state index in [9.17, 15) is 58.8 Å². The first-order valence-corrected chi connectivity index (χ1v) is 24.9. The number of carbonyl (C=O) groups is 8. The Morgan fingerprint density at radius 1 is 0.653 bits per heavy atom. The number of carboxylic acids is 4.